The first-order valence-corrected chi connectivity index (χ1v) is 7.65. The summed E-state index contributed by atoms with van der Waals surface area (Å²) in [5.74, 6) is 0. The van der Waals surface area contributed by atoms with E-state index >= 15 is 0 Å². The van der Waals surface area contributed by atoms with Gasteiger partial charge in [-0.15, -0.1) is 11.3 Å². The van der Waals surface area contributed by atoms with Crippen molar-refractivity contribution in [3.05, 3.63) is 29.2 Å². The van der Waals surface area contributed by atoms with Gasteiger partial charge in [0.05, 0.1) is 0 Å². The highest BCUT2D eigenvalue weighted by Crippen LogP contribution is 2.24. The van der Waals surface area contributed by atoms with E-state index < -0.39 is 10.0 Å². The zero-order valence-corrected chi connectivity index (χ0v) is 11.8. The Labute approximate surface area is 107 Å². The van der Waals surface area contributed by atoms with Crippen molar-refractivity contribution in [1.82, 2.24) is 4.31 Å². The molecule has 6 heteroatoms. The molecule has 0 radical (unpaired) electrons. The summed E-state index contributed by atoms with van der Waals surface area (Å²) in [6, 6.07) is 1.64. The van der Waals surface area contributed by atoms with Crippen molar-refractivity contribution in [3.63, 3.8) is 0 Å². The molecule has 2 N–H and O–H groups in total. The zero-order valence-electron chi connectivity index (χ0n) is 10.1. The van der Waals surface area contributed by atoms with Gasteiger partial charge in [0.15, 0.2) is 0 Å². The van der Waals surface area contributed by atoms with Crippen LogP contribution in [0.5, 0.6) is 0 Å². The van der Waals surface area contributed by atoms with Crippen LogP contribution in [-0.2, 0) is 16.6 Å². The molecule has 0 aromatic carbocycles. The summed E-state index contributed by atoms with van der Waals surface area (Å²) in [6.45, 7) is 8.53. The largest absolute Gasteiger partial charge is 0.326 e. The minimum absolute atomic E-state index is 0.348. The van der Waals surface area contributed by atoms with E-state index in [0.29, 0.717) is 23.8 Å². The maximum atomic E-state index is 12.3. The first kappa shape index (κ1) is 14.4. The van der Waals surface area contributed by atoms with Crippen LogP contribution < -0.4 is 5.73 Å². The standard InChI is InChI=1S/C11H18N2O2S2/c1-4-13(7-9(2)3)17(14,15)11-5-10(6-12)8-16-11/h5,8H,2,4,6-7,12H2,1,3H3. The van der Waals surface area contributed by atoms with Gasteiger partial charge in [-0.25, -0.2) is 8.42 Å². The Balaban J connectivity index is 3.03. The number of hydrogen-bond acceptors (Lipinski definition) is 4. The molecule has 0 fully saturated rings. The Bertz CT molecular complexity index is 491. The Morgan fingerprint density at radius 1 is 1.59 bits per heavy atom. The maximum Gasteiger partial charge on any atom is 0.252 e. The van der Waals surface area contributed by atoms with Crippen molar-refractivity contribution >= 4 is 21.4 Å². The van der Waals surface area contributed by atoms with Crippen molar-refractivity contribution in [1.29, 1.82) is 0 Å². The number of nitrogens with zero attached hydrogens (tertiary/aromatic N) is 1. The van der Waals surface area contributed by atoms with Crippen LogP contribution in [0.25, 0.3) is 0 Å². The molecule has 0 spiro atoms. The summed E-state index contributed by atoms with van der Waals surface area (Å²) in [4.78, 5) is 0. The first-order valence-electron chi connectivity index (χ1n) is 5.33. The van der Waals surface area contributed by atoms with Gasteiger partial charge >= 0.3 is 0 Å². The summed E-state index contributed by atoms with van der Waals surface area (Å²) in [5, 5.41) is 1.78. The van der Waals surface area contributed by atoms with Crippen LogP contribution in [0.2, 0.25) is 0 Å². The van der Waals surface area contributed by atoms with Gasteiger partial charge < -0.3 is 5.73 Å². The van der Waals surface area contributed by atoms with Crippen molar-refractivity contribution in [2.75, 3.05) is 13.1 Å². The van der Waals surface area contributed by atoms with Crippen LogP contribution in [0.15, 0.2) is 27.8 Å². The van der Waals surface area contributed by atoms with Crippen LogP contribution >= 0.6 is 11.3 Å². The Hall–Kier alpha value is -0.690. The van der Waals surface area contributed by atoms with Crippen molar-refractivity contribution in [2.45, 2.75) is 24.6 Å². The monoisotopic (exact) mass is 274 g/mol. The predicted molar refractivity (Wildman–Crippen MR) is 71.5 cm³/mol. The number of likely N-dealkylation sites (N-methyl/N-ethyl adjacent to an activating group) is 1. The molecule has 0 bridgehead atoms. The van der Waals surface area contributed by atoms with E-state index in [2.05, 4.69) is 6.58 Å². The minimum Gasteiger partial charge on any atom is -0.326 e. The van der Waals surface area contributed by atoms with Gasteiger partial charge in [-0.3, -0.25) is 0 Å². The van der Waals surface area contributed by atoms with Crippen LogP contribution in [0, 0.1) is 0 Å². The fourth-order valence-corrected chi connectivity index (χ4v) is 4.27. The van der Waals surface area contributed by atoms with Crippen molar-refractivity contribution < 1.29 is 8.42 Å². The normalized spacial score (nSPS) is 12.0. The lowest BCUT2D eigenvalue weighted by atomic mass is 10.3. The smallest absolute Gasteiger partial charge is 0.252 e. The summed E-state index contributed by atoms with van der Waals surface area (Å²) in [6.07, 6.45) is 0. The minimum atomic E-state index is -3.40. The van der Waals surface area contributed by atoms with E-state index in [1.165, 1.54) is 15.6 Å². The lowest BCUT2D eigenvalue weighted by Gasteiger charge is -2.19. The van der Waals surface area contributed by atoms with Gasteiger partial charge in [-0.05, 0) is 23.9 Å². The molecule has 4 nitrogen and oxygen atoms in total. The van der Waals surface area contributed by atoms with Crippen molar-refractivity contribution in [2.24, 2.45) is 5.73 Å². The average molecular weight is 274 g/mol. The van der Waals surface area contributed by atoms with Gasteiger partial charge in [0.25, 0.3) is 10.0 Å². The molecule has 1 rings (SSSR count). The molecular weight excluding hydrogens is 256 g/mol. The lowest BCUT2D eigenvalue weighted by molar-refractivity contribution is 0.454. The molecule has 1 aromatic heterocycles. The molecule has 0 unspecified atom stereocenters. The van der Waals surface area contributed by atoms with E-state index in [1.54, 1.807) is 11.4 Å². The lowest BCUT2D eigenvalue weighted by Crippen LogP contribution is -2.31. The quantitative estimate of drug-likeness (QED) is 0.804. The molecule has 0 atom stereocenters. The highest BCUT2D eigenvalue weighted by Gasteiger charge is 2.24. The third kappa shape index (κ3) is 3.38. The van der Waals surface area contributed by atoms with Crippen LogP contribution in [-0.4, -0.2) is 25.8 Å². The summed E-state index contributed by atoms with van der Waals surface area (Å²) >= 11 is 1.21. The van der Waals surface area contributed by atoms with Crippen LogP contribution in [0.4, 0.5) is 0 Å². The number of sulfonamides is 1. The Kier molecular flexibility index (Phi) is 4.88. The third-order valence-electron chi connectivity index (χ3n) is 2.26. The van der Waals surface area contributed by atoms with E-state index in [-0.39, 0.29) is 0 Å². The molecule has 0 saturated heterocycles. The second kappa shape index (κ2) is 5.77. The second-order valence-electron chi connectivity index (χ2n) is 3.87. The molecule has 1 heterocycles. The van der Waals surface area contributed by atoms with Gasteiger partial charge in [0, 0.05) is 19.6 Å². The Morgan fingerprint density at radius 2 is 2.24 bits per heavy atom. The fourth-order valence-electron chi connectivity index (χ4n) is 1.39. The predicted octanol–water partition coefficient (Wildman–Crippen LogP) is 1.79. The SMILES string of the molecule is C=C(C)CN(CC)S(=O)(=O)c1cc(CN)cs1. The van der Waals surface area contributed by atoms with E-state index in [9.17, 15) is 8.42 Å². The molecule has 0 aliphatic heterocycles. The zero-order chi connectivity index (χ0) is 13.1. The van der Waals surface area contributed by atoms with Gasteiger partial charge in [-0.2, -0.15) is 4.31 Å². The fraction of sp³-hybridized carbons (Fsp3) is 0.455. The van der Waals surface area contributed by atoms with Gasteiger partial charge in [-0.1, -0.05) is 19.1 Å². The highest BCUT2D eigenvalue weighted by atomic mass is 32.2. The molecular formula is C11H18N2O2S2. The van der Waals surface area contributed by atoms with Gasteiger partial charge in [0.2, 0.25) is 0 Å². The summed E-state index contributed by atoms with van der Waals surface area (Å²) < 4.78 is 26.3. The average Bonchev–Trinajstić information content (AvgIpc) is 2.74. The van der Waals surface area contributed by atoms with Crippen molar-refractivity contribution in [3.8, 4) is 0 Å². The molecule has 0 saturated carbocycles. The first-order chi connectivity index (χ1) is 7.91. The maximum absolute atomic E-state index is 12.3. The van der Waals surface area contributed by atoms with E-state index in [4.69, 9.17) is 5.73 Å². The summed E-state index contributed by atoms with van der Waals surface area (Å²) in [5.41, 5.74) is 7.15. The van der Waals surface area contributed by atoms with Gasteiger partial charge in [0.1, 0.15) is 4.21 Å². The molecule has 17 heavy (non-hydrogen) atoms. The van der Waals surface area contributed by atoms with E-state index in [1.807, 2.05) is 13.8 Å². The Morgan fingerprint density at radius 3 is 2.65 bits per heavy atom. The van der Waals surface area contributed by atoms with E-state index in [0.717, 1.165) is 11.1 Å². The number of hydrogen-bond donors (Lipinski definition) is 1. The topological polar surface area (TPSA) is 63.4 Å². The summed E-state index contributed by atoms with van der Waals surface area (Å²) in [7, 11) is -3.40. The molecule has 0 aliphatic rings. The molecule has 96 valence electrons. The molecule has 1 aromatic rings. The molecule has 0 aliphatic carbocycles. The highest BCUT2D eigenvalue weighted by molar-refractivity contribution is 7.91. The number of nitrogens with two attached hydrogens (primary N) is 1. The second-order valence-corrected chi connectivity index (χ2v) is 6.94. The number of rotatable bonds is 6. The number of thiophene rings is 1. The third-order valence-corrected chi connectivity index (χ3v) is 5.64. The van der Waals surface area contributed by atoms with Crippen LogP contribution in [0.1, 0.15) is 19.4 Å². The molecule has 0 amide bonds. The van der Waals surface area contributed by atoms with Crippen LogP contribution in [0.3, 0.4) is 0 Å².